The minimum absolute atomic E-state index is 0.0221. The number of halogens is 1. The van der Waals surface area contributed by atoms with E-state index in [0.29, 0.717) is 5.69 Å². The molecule has 0 saturated carbocycles. The predicted molar refractivity (Wildman–Crippen MR) is 141 cm³/mol. The number of rotatable bonds is 7. The molecule has 4 rings (SSSR count). The number of nitrogens with zero attached hydrogens (tertiary/aromatic N) is 5. The summed E-state index contributed by atoms with van der Waals surface area (Å²) in [7, 11) is -9.67. The van der Waals surface area contributed by atoms with Gasteiger partial charge in [-0.25, -0.2) is 0 Å². The molecule has 1 heterocycles. The maximum atomic E-state index is 12.3. The number of hydrogen-bond acceptors (Lipinski definition) is 12. The molecule has 6 N–H and O–H groups in total. The molecule has 0 radical (unpaired) electrons. The van der Waals surface area contributed by atoms with Crippen LogP contribution in [0, 0.1) is 0 Å². The molecule has 39 heavy (non-hydrogen) atoms. The molecule has 18 heteroatoms. The maximum absolute atomic E-state index is 12.3. The number of nitrogen functional groups attached to an aromatic ring is 1. The van der Waals surface area contributed by atoms with E-state index < -0.39 is 35.9 Å². The van der Waals surface area contributed by atoms with E-state index in [1.165, 1.54) is 43.3 Å². The zero-order valence-electron chi connectivity index (χ0n) is 19.6. The van der Waals surface area contributed by atoms with E-state index in [1.807, 2.05) is 0 Å². The van der Waals surface area contributed by atoms with Crippen LogP contribution < -0.4 is 16.4 Å². The summed E-state index contributed by atoms with van der Waals surface area (Å²) in [5.41, 5.74) is 5.82. The lowest BCUT2D eigenvalue weighted by atomic mass is 10.1. The van der Waals surface area contributed by atoms with Crippen LogP contribution in [0.4, 0.5) is 34.6 Å². The van der Waals surface area contributed by atoms with Gasteiger partial charge in [0.15, 0.2) is 0 Å². The van der Waals surface area contributed by atoms with E-state index in [0.717, 1.165) is 12.1 Å². The van der Waals surface area contributed by atoms with Gasteiger partial charge in [-0.15, -0.1) is 10.2 Å². The van der Waals surface area contributed by atoms with E-state index in [2.05, 4.69) is 35.8 Å². The molecule has 0 saturated heterocycles. The van der Waals surface area contributed by atoms with E-state index >= 15 is 0 Å². The highest BCUT2D eigenvalue weighted by Gasteiger charge is 2.23. The molecule has 0 aliphatic carbocycles. The summed E-state index contributed by atoms with van der Waals surface area (Å²) in [5, 5.41) is 12.8. The third-order valence-corrected chi connectivity index (χ3v) is 6.97. The first-order valence-corrected chi connectivity index (χ1v) is 13.8. The Bertz CT molecular complexity index is 1860. The maximum Gasteiger partial charge on any atom is 0.297 e. The smallest absolute Gasteiger partial charge is 0.297 e. The van der Waals surface area contributed by atoms with Crippen LogP contribution >= 0.6 is 11.6 Å². The SMILES string of the molecule is CC(=O)Nc1cc(Nc2nc(N)nc(Cl)n2)ccc1N=Nc1ccc2c(S(=O)(=O)O)cccc2c1S(=O)(=O)O. The Labute approximate surface area is 225 Å². The first kappa shape index (κ1) is 27.7. The number of hydrogen-bond donors (Lipinski definition) is 5. The predicted octanol–water partition coefficient (Wildman–Crippen LogP) is 3.87. The van der Waals surface area contributed by atoms with E-state index in [1.54, 1.807) is 0 Å². The molecule has 0 aliphatic rings. The number of anilines is 4. The van der Waals surface area contributed by atoms with Crippen molar-refractivity contribution in [3.05, 3.63) is 53.8 Å². The Kier molecular flexibility index (Phi) is 7.44. The van der Waals surface area contributed by atoms with Gasteiger partial charge in [0.05, 0.1) is 5.69 Å². The van der Waals surface area contributed by atoms with E-state index in [-0.39, 0.29) is 45.0 Å². The van der Waals surface area contributed by atoms with Crippen LogP contribution in [0.25, 0.3) is 10.8 Å². The lowest BCUT2D eigenvalue weighted by Crippen LogP contribution is -2.07. The minimum atomic E-state index is -4.95. The molecular formula is C21H17ClN8O7S2. The van der Waals surface area contributed by atoms with Crippen LogP contribution in [0.1, 0.15) is 6.92 Å². The Morgan fingerprint density at radius 3 is 2.26 bits per heavy atom. The summed E-state index contributed by atoms with van der Waals surface area (Å²) in [6, 6.07) is 10.2. The van der Waals surface area contributed by atoms with Crippen molar-refractivity contribution in [2.45, 2.75) is 16.7 Å². The van der Waals surface area contributed by atoms with Crippen molar-refractivity contribution in [1.29, 1.82) is 0 Å². The van der Waals surface area contributed by atoms with Crippen LogP contribution in [0.15, 0.2) is 68.6 Å². The third-order valence-electron chi connectivity index (χ3n) is 4.94. The quantitative estimate of drug-likeness (QED) is 0.152. The van der Waals surface area contributed by atoms with Gasteiger partial charge in [-0.1, -0.05) is 18.2 Å². The molecular weight excluding hydrogens is 576 g/mol. The highest BCUT2D eigenvalue weighted by Crippen LogP contribution is 2.37. The van der Waals surface area contributed by atoms with Gasteiger partial charge in [-0.05, 0) is 41.9 Å². The molecule has 202 valence electrons. The molecule has 0 bridgehead atoms. The van der Waals surface area contributed by atoms with Gasteiger partial charge in [-0.3, -0.25) is 13.9 Å². The van der Waals surface area contributed by atoms with Crippen molar-refractivity contribution < 1.29 is 30.7 Å². The van der Waals surface area contributed by atoms with Crippen LogP contribution in [-0.2, 0) is 25.0 Å². The summed E-state index contributed by atoms with van der Waals surface area (Å²) >= 11 is 5.78. The topological polar surface area (TPSA) is 239 Å². The zero-order chi connectivity index (χ0) is 28.5. The van der Waals surface area contributed by atoms with Gasteiger partial charge >= 0.3 is 0 Å². The monoisotopic (exact) mass is 592 g/mol. The first-order valence-electron chi connectivity index (χ1n) is 10.5. The number of nitrogens with one attached hydrogen (secondary N) is 2. The second kappa shape index (κ2) is 10.5. The third kappa shape index (κ3) is 6.41. The minimum Gasteiger partial charge on any atom is -0.368 e. The fourth-order valence-electron chi connectivity index (χ4n) is 3.51. The van der Waals surface area contributed by atoms with Crippen molar-refractivity contribution in [3.63, 3.8) is 0 Å². The van der Waals surface area contributed by atoms with Crippen LogP contribution in [-0.4, -0.2) is 46.8 Å². The normalized spacial score (nSPS) is 12.1. The molecule has 0 fully saturated rings. The highest BCUT2D eigenvalue weighted by atomic mass is 35.5. The van der Waals surface area contributed by atoms with Gasteiger partial charge in [-0.2, -0.15) is 31.8 Å². The number of azo groups is 1. The summed E-state index contributed by atoms with van der Waals surface area (Å²) in [5.74, 6) is -0.564. The van der Waals surface area contributed by atoms with Gasteiger partial charge in [0.25, 0.3) is 20.2 Å². The number of carbonyl (C=O) groups is 1. The number of carbonyl (C=O) groups excluding carboxylic acids is 1. The Balaban J connectivity index is 1.80. The molecule has 0 spiro atoms. The molecule has 15 nitrogen and oxygen atoms in total. The van der Waals surface area contributed by atoms with Crippen LogP contribution in [0.3, 0.4) is 0 Å². The molecule has 1 amide bonds. The second-order valence-electron chi connectivity index (χ2n) is 7.74. The molecule has 4 aromatic rings. The van der Waals surface area contributed by atoms with Gasteiger partial charge < -0.3 is 16.4 Å². The van der Waals surface area contributed by atoms with Gasteiger partial charge in [0.2, 0.25) is 23.1 Å². The largest absolute Gasteiger partial charge is 0.368 e. The van der Waals surface area contributed by atoms with Crippen LogP contribution in [0.5, 0.6) is 0 Å². The zero-order valence-corrected chi connectivity index (χ0v) is 22.0. The number of fused-ring (bicyclic) bond motifs is 1. The molecule has 3 aromatic carbocycles. The molecule has 0 unspecified atom stereocenters. The number of nitrogens with two attached hydrogens (primary N) is 1. The van der Waals surface area contributed by atoms with Crippen molar-refractivity contribution in [1.82, 2.24) is 15.0 Å². The summed E-state index contributed by atoms with van der Waals surface area (Å²) in [6.07, 6.45) is 0. The second-order valence-corrected chi connectivity index (χ2v) is 10.8. The average Bonchev–Trinajstić information content (AvgIpc) is 2.80. The molecule has 0 atom stereocenters. The van der Waals surface area contributed by atoms with Gasteiger partial charge in [0.1, 0.15) is 21.2 Å². The lowest BCUT2D eigenvalue weighted by Gasteiger charge is -2.11. The van der Waals surface area contributed by atoms with E-state index in [9.17, 15) is 30.7 Å². The fourth-order valence-corrected chi connectivity index (χ4v) is 5.22. The van der Waals surface area contributed by atoms with Crippen molar-refractivity contribution >= 4 is 83.2 Å². The highest BCUT2D eigenvalue weighted by molar-refractivity contribution is 7.86. The van der Waals surface area contributed by atoms with Crippen molar-refractivity contribution in [3.8, 4) is 0 Å². The summed E-state index contributed by atoms with van der Waals surface area (Å²) in [4.78, 5) is 21.9. The Morgan fingerprint density at radius 1 is 0.923 bits per heavy atom. The van der Waals surface area contributed by atoms with Crippen LogP contribution in [0.2, 0.25) is 5.28 Å². The Hall–Kier alpha value is -4.29. The number of amides is 1. The standard InChI is InChI=1S/C21H17ClN8O7S2/c1-10(31)24-16-9-11(25-21-27-19(22)26-20(23)28-21)5-7-14(16)29-30-15-8-6-12-13(18(15)39(35,36)37)3-2-4-17(12)38(32,33)34/h2-9H,1H3,(H,24,31)(H,32,33,34)(H,35,36,37)(H3,23,25,26,27,28). The fraction of sp³-hybridized carbons (Fsp3) is 0.0476. The average molecular weight is 593 g/mol. The van der Waals surface area contributed by atoms with E-state index in [4.69, 9.17) is 17.3 Å². The lowest BCUT2D eigenvalue weighted by molar-refractivity contribution is -0.114. The summed E-state index contributed by atoms with van der Waals surface area (Å²) in [6.45, 7) is 1.25. The summed E-state index contributed by atoms with van der Waals surface area (Å²) < 4.78 is 67.4. The number of aromatic nitrogens is 3. The van der Waals surface area contributed by atoms with Crippen molar-refractivity contribution in [2.24, 2.45) is 10.2 Å². The Morgan fingerprint density at radius 2 is 1.62 bits per heavy atom. The molecule has 1 aromatic heterocycles. The van der Waals surface area contributed by atoms with Gasteiger partial charge in [0, 0.05) is 23.4 Å². The first-order chi connectivity index (χ1) is 18.2. The molecule has 0 aliphatic heterocycles. The number of benzene rings is 3. The van der Waals surface area contributed by atoms with Crippen molar-refractivity contribution in [2.75, 3.05) is 16.4 Å².